The Hall–Kier alpha value is -2.05. The maximum Gasteiger partial charge on any atom is 0.165 e. The molecule has 6 heteroatoms. The lowest BCUT2D eigenvalue weighted by Crippen LogP contribution is -2.21. The van der Waals surface area contributed by atoms with E-state index in [9.17, 15) is 18.3 Å². The van der Waals surface area contributed by atoms with Gasteiger partial charge in [0.05, 0.1) is 25.4 Å². The molecule has 0 saturated heterocycles. The smallest absolute Gasteiger partial charge is 0.165 e. The molecule has 1 unspecified atom stereocenters. The van der Waals surface area contributed by atoms with Crippen LogP contribution < -0.4 is 4.74 Å². The van der Waals surface area contributed by atoms with E-state index in [2.05, 4.69) is 0 Å². The van der Waals surface area contributed by atoms with Gasteiger partial charge < -0.3 is 14.6 Å². The average Bonchev–Trinajstić information content (AvgIpc) is 2.71. The Kier molecular flexibility index (Phi) is 7.19. The number of hydrogen-bond acceptors (Lipinski definition) is 3. The third-order valence-electron chi connectivity index (χ3n) is 5.52. The van der Waals surface area contributed by atoms with Gasteiger partial charge in [-0.3, -0.25) is 0 Å². The van der Waals surface area contributed by atoms with Crippen LogP contribution in [0.4, 0.5) is 13.2 Å². The third kappa shape index (κ3) is 5.11. The molecule has 1 aliphatic rings. The number of rotatable bonds is 7. The number of ether oxygens (including phenoxy) is 2. The van der Waals surface area contributed by atoms with Crippen LogP contribution in [0.15, 0.2) is 30.3 Å². The summed E-state index contributed by atoms with van der Waals surface area (Å²) in [5.74, 6) is -1.83. The minimum atomic E-state index is -1.07. The van der Waals surface area contributed by atoms with Crippen molar-refractivity contribution in [2.24, 2.45) is 0 Å². The first-order chi connectivity index (χ1) is 13.9. The Morgan fingerprint density at radius 1 is 1.03 bits per heavy atom. The van der Waals surface area contributed by atoms with Crippen molar-refractivity contribution in [3.63, 3.8) is 0 Å². The Morgan fingerprint density at radius 3 is 2.38 bits per heavy atom. The first-order valence-corrected chi connectivity index (χ1v) is 10.1. The van der Waals surface area contributed by atoms with Gasteiger partial charge in [-0.05, 0) is 63.1 Å². The van der Waals surface area contributed by atoms with Crippen LogP contribution in [0.25, 0.3) is 0 Å². The molecule has 158 valence electrons. The molecular weight excluding hydrogens is 381 g/mol. The molecule has 1 N–H and O–H groups in total. The summed E-state index contributed by atoms with van der Waals surface area (Å²) in [5.41, 5.74) is 1.03. The number of aliphatic hydroxyl groups is 1. The molecule has 0 amide bonds. The first kappa shape index (κ1) is 21.7. The van der Waals surface area contributed by atoms with E-state index >= 15 is 0 Å². The van der Waals surface area contributed by atoms with Crippen LogP contribution in [-0.4, -0.2) is 17.8 Å². The molecule has 0 spiro atoms. The highest BCUT2D eigenvalue weighted by Crippen LogP contribution is 2.36. The standard InChI is InChI=1S/C23H27F3O3/c1-3-28-21-11-7-16(12-20(21)24)15-4-8-18(9-5-15)29-13-17-6-10-19(14(2)27)23(26)22(17)25/h6-7,10-12,14-15,18,27H,3-5,8-9,13H2,1-2H3. The quantitative estimate of drug-likeness (QED) is 0.629. The summed E-state index contributed by atoms with van der Waals surface area (Å²) in [7, 11) is 0. The molecule has 0 aliphatic heterocycles. The summed E-state index contributed by atoms with van der Waals surface area (Å²) < 4.78 is 53.3. The molecule has 2 aromatic carbocycles. The largest absolute Gasteiger partial charge is 0.491 e. The predicted molar refractivity (Wildman–Crippen MR) is 104 cm³/mol. The van der Waals surface area contributed by atoms with Crippen LogP contribution in [0.3, 0.4) is 0 Å². The van der Waals surface area contributed by atoms with E-state index in [1.807, 2.05) is 13.0 Å². The van der Waals surface area contributed by atoms with Crippen LogP contribution in [0.1, 0.15) is 68.2 Å². The molecule has 2 aromatic rings. The summed E-state index contributed by atoms with van der Waals surface area (Å²) in [6, 6.07) is 7.96. The van der Waals surface area contributed by atoms with Crippen molar-refractivity contribution < 1.29 is 27.8 Å². The average molecular weight is 408 g/mol. The molecule has 0 radical (unpaired) electrons. The van der Waals surface area contributed by atoms with E-state index in [4.69, 9.17) is 9.47 Å². The maximum absolute atomic E-state index is 14.2. The highest BCUT2D eigenvalue weighted by atomic mass is 19.2. The first-order valence-electron chi connectivity index (χ1n) is 10.1. The molecule has 0 aromatic heterocycles. The Balaban J connectivity index is 1.54. The number of hydrogen-bond donors (Lipinski definition) is 1. The zero-order chi connectivity index (χ0) is 21.0. The van der Waals surface area contributed by atoms with Crippen molar-refractivity contribution in [2.75, 3.05) is 6.61 Å². The van der Waals surface area contributed by atoms with Gasteiger partial charge in [-0.15, -0.1) is 0 Å². The molecular formula is C23H27F3O3. The van der Waals surface area contributed by atoms with Gasteiger partial charge in [0, 0.05) is 11.1 Å². The van der Waals surface area contributed by atoms with Crippen LogP contribution in [0.2, 0.25) is 0 Å². The summed E-state index contributed by atoms with van der Waals surface area (Å²) in [6.45, 7) is 3.61. The number of halogens is 3. The second-order valence-electron chi connectivity index (χ2n) is 7.53. The fraction of sp³-hybridized carbons (Fsp3) is 0.478. The Labute approximate surface area is 169 Å². The van der Waals surface area contributed by atoms with E-state index in [-0.39, 0.29) is 41.3 Å². The fourth-order valence-corrected chi connectivity index (χ4v) is 3.85. The number of benzene rings is 2. The summed E-state index contributed by atoms with van der Waals surface area (Å²) >= 11 is 0. The molecule has 1 aliphatic carbocycles. The van der Waals surface area contributed by atoms with E-state index in [0.29, 0.717) is 6.61 Å². The highest BCUT2D eigenvalue weighted by Gasteiger charge is 2.24. The van der Waals surface area contributed by atoms with Gasteiger partial charge >= 0.3 is 0 Å². The van der Waals surface area contributed by atoms with Gasteiger partial charge in [-0.25, -0.2) is 13.2 Å². The number of aliphatic hydroxyl groups excluding tert-OH is 1. The fourth-order valence-electron chi connectivity index (χ4n) is 3.85. The van der Waals surface area contributed by atoms with Crippen LogP contribution in [0.5, 0.6) is 5.75 Å². The summed E-state index contributed by atoms with van der Waals surface area (Å²) in [6.07, 6.45) is 2.12. The molecule has 3 nitrogen and oxygen atoms in total. The topological polar surface area (TPSA) is 38.7 Å². The van der Waals surface area contributed by atoms with Gasteiger partial charge in [0.2, 0.25) is 0 Å². The summed E-state index contributed by atoms with van der Waals surface area (Å²) in [5, 5.41) is 9.46. The third-order valence-corrected chi connectivity index (χ3v) is 5.52. The van der Waals surface area contributed by atoms with Crippen molar-refractivity contribution >= 4 is 0 Å². The second kappa shape index (κ2) is 9.63. The van der Waals surface area contributed by atoms with Crippen molar-refractivity contribution in [1.29, 1.82) is 0 Å². The van der Waals surface area contributed by atoms with Gasteiger partial charge in [-0.1, -0.05) is 18.2 Å². The van der Waals surface area contributed by atoms with E-state index in [1.54, 1.807) is 12.1 Å². The molecule has 1 saturated carbocycles. The molecule has 1 atom stereocenters. The van der Waals surface area contributed by atoms with E-state index in [1.165, 1.54) is 19.1 Å². The normalized spacial score (nSPS) is 20.5. The lowest BCUT2D eigenvalue weighted by molar-refractivity contribution is 0.0118. The predicted octanol–water partition coefficient (Wildman–Crippen LogP) is 5.80. The maximum atomic E-state index is 14.2. The molecule has 1 fully saturated rings. The molecule has 0 bridgehead atoms. The SMILES string of the molecule is CCOc1ccc(C2CCC(OCc3ccc(C(C)O)c(F)c3F)CC2)cc1F. The van der Waals surface area contributed by atoms with E-state index in [0.717, 1.165) is 31.2 Å². The van der Waals surface area contributed by atoms with Crippen LogP contribution in [-0.2, 0) is 11.3 Å². The zero-order valence-electron chi connectivity index (χ0n) is 16.8. The Morgan fingerprint density at radius 2 is 1.76 bits per heavy atom. The Bertz CT molecular complexity index is 830. The minimum Gasteiger partial charge on any atom is -0.491 e. The van der Waals surface area contributed by atoms with Gasteiger partial charge in [0.25, 0.3) is 0 Å². The van der Waals surface area contributed by atoms with Gasteiger partial charge in [0.1, 0.15) is 0 Å². The van der Waals surface area contributed by atoms with E-state index < -0.39 is 17.7 Å². The van der Waals surface area contributed by atoms with Crippen LogP contribution >= 0.6 is 0 Å². The highest BCUT2D eigenvalue weighted by molar-refractivity contribution is 5.31. The lowest BCUT2D eigenvalue weighted by Gasteiger charge is -2.29. The monoisotopic (exact) mass is 408 g/mol. The van der Waals surface area contributed by atoms with Gasteiger partial charge in [0.15, 0.2) is 23.2 Å². The zero-order valence-corrected chi connectivity index (χ0v) is 16.8. The van der Waals surface area contributed by atoms with Crippen molar-refractivity contribution in [2.45, 2.75) is 64.3 Å². The van der Waals surface area contributed by atoms with Crippen molar-refractivity contribution in [1.82, 2.24) is 0 Å². The minimum absolute atomic E-state index is 0.0180. The molecule has 29 heavy (non-hydrogen) atoms. The second-order valence-corrected chi connectivity index (χ2v) is 7.53. The lowest BCUT2D eigenvalue weighted by atomic mass is 9.82. The van der Waals surface area contributed by atoms with Gasteiger partial charge in [-0.2, -0.15) is 0 Å². The molecule has 0 heterocycles. The summed E-state index contributed by atoms with van der Waals surface area (Å²) in [4.78, 5) is 0. The molecule has 3 rings (SSSR count). The van der Waals surface area contributed by atoms with Crippen LogP contribution in [0, 0.1) is 17.5 Å². The van der Waals surface area contributed by atoms with Crippen molar-refractivity contribution in [3.8, 4) is 5.75 Å². The van der Waals surface area contributed by atoms with Crippen molar-refractivity contribution in [3.05, 3.63) is 64.5 Å².